The molecule has 2 amide bonds. The molecule has 0 radical (unpaired) electrons. The Morgan fingerprint density at radius 3 is 2.81 bits per heavy atom. The lowest BCUT2D eigenvalue weighted by atomic mass is 10.3. The molecule has 0 unspecified atom stereocenters. The van der Waals surface area contributed by atoms with Gasteiger partial charge in [-0.05, 0) is 18.6 Å². The largest absolute Gasteiger partial charge is 0.493 e. The van der Waals surface area contributed by atoms with Crippen LogP contribution in [0, 0.1) is 0 Å². The normalized spacial score (nSPS) is 10.0. The third kappa shape index (κ3) is 6.65. The fourth-order valence-corrected chi connectivity index (χ4v) is 1.68. The highest BCUT2D eigenvalue weighted by Gasteiger charge is 2.12. The van der Waals surface area contributed by atoms with E-state index in [0.29, 0.717) is 18.0 Å². The van der Waals surface area contributed by atoms with Crippen LogP contribution in [0.25, 0.3) is 0 Å². The zero-order valence-corrected chi connectivity index (χ0v) is 12.6. The minimum absolute atomic E-state index is 0.0666. The van der Waals surface area contributed by atoms with Crippen LogP contribution in [-0.4, -0.2) is 43.5 Å². The molecule has 0 bridgehead atoms. The van der Waals surface area contributed by atoms with Crippen molar-refractivity contribution < 1.29 is 14.3 Å². The highest BCUT2D eigenvalue weighted by atomic mass is 16.5. The molecular formula is C15H23N3O3. The number of rotatable bonds is 8. The SMILES string of the molecule is CCCNC(=O)CN(C)C(=O)CCOc1cccc(N)c1. The summed E-state index contributed by atoms with van der Waals surface area (Å²) in [6.45, 7) is 2.92. The number of nitrogens with zero attached hydrogens (tertiary/aromatic N) is 1. The van der Waals surface area contributed by atoms with Gasteiger partial charge in [-0.15, -0.1) is 0 Å². The number of hydrogen-bond acceptors (Lipinski definition) is 4. The summed E-state index contributed by atoms with van der Waals surface area (Å²) in [5, 5.41) is 2.73. The van der Waals surface area contributed by atoms with Gasteiger partial charge in [0.05, 0.1) is 19.6 Å². The molecule has 21 heavy (non-hydrogen) atoms. The Bertz CT molecular complexity index is 477. The number of amides is 2. The minimum Gasteiger partial charge on any atom is -0.493 e. The average Bonchev–Trinajstić information content (AvgIpc) is 2.45. The number of nitrogen functional groups attached to an aromatic ring is 1. The molecule has 0 atom stereocenters. The molecule has 1 aromatic rings. The predicted octanol–water partition coefficient (Wildman–Crippen LogP) is 1.02. The lowest BCUT2D eigenvalue weighted by Gasteiger charge is -2.17. The maximum absolute atomic E-state index is 11.9. The summed E-state index contributed by atoms with van der Waals surface area (Å²) in [5.41, 5.74) is 6.25. The van der Waals surface area contributed by atoms with E-state index in [1.54, 1.807) is 31.3 Å². The van der Waals surface area contributed by atoms with Crippen LogP contribution in [0.15, 0.2) is 24.3 Å². The van der Waals surface area contributed by atoms with Crippen LogP contribution in [0.1, 0.15) is 19.8 Å². The van der Waals surface area contributed by atoms with E-state index in [0.717, 1.165) is 6.42 Å². The molecule has 0 saturated carbocycles. The lowest BCUT2D eigenvalue weighted by Crippen LogP contribution is -2.38. The van der Waals surface area contributed by atoms with Crippen LogP contribution in [-0.2, 0) is 9.59 Å². The summed E-state index contributed by atoms with van der Waals surface area (Å²) in [6, 6.07) is 7.03. The third-order valence-electron chi connectivity index (χ3n) is 2.82. The first-order valence-corrected chi connectivity index (χ1v) is 7.02. The van der Waals surface area contributed by atoms with Crippen LogP contribution in [0.2, 0.25) is 0 Å². The van der Waals surface area contributed by atoms with Crippen molar-refractivity contribution in [2.45, 2.75) is 19.8 Å². The maximum Gasteiger partial charge on any atom is 0.239 e. The van der Waals surface area contributed by atoms with Crippen LogP contribution >= 0.6 is 0 Å². The van der Waals surface area contributed by atoms with Gasteiger partial charge in [-0.1, -0.05) is 13.0 Å². The van der Waals surface area contributed by atoms with Crippen molar-refractivity contribution in [1.29, 1.82) is 0 Å². The summed E-state index contributed by atoms with van der Waals surface area (Å²) >= 11 is 0. The quantitative estimate of drug-likeness (QED) is 0.701. The number of carbonyl (C=O) groups excluding carboxylic acids is 2. The number of hydrogen-bond donors (Lipinski definition) is 2. The van der Waals surface area contributed by atoms with E-state index in [4.69, 9.17) is 10.5 Å². The van der Waals surface area contributed by atoms with Crippen LogP contribution < -0.4 is 15.8 Å². The third-order valence-corrected chi connectivity index (χ3v) is 2.82. The van der Waals surface area contributed by atoms with Crippen molar-refractivity contribution in [2.75, 3.05) is 32.5 Å². The minimum atomic E-state index is -0.149. The molecule has 1 rings (SSSR count). The number of benzene rings is 1. The van der Waals surface area contributed by atoms with Crippen LogP contribution in [0.5, 0.6) is 5.75 Å². The van der Waals surface area contributed by atoms with E-state index in [9.17, 15) is 9.59 Å². The van der Waals surface area contributed by atoms with E-state index >= 15 is 0 Å². The monoisotopic (exact) mass is 293 g/mol. The van der Waals surface area contributed by atoms with E-state index < -0.39 is 0 Å². The van der Waals surface area contributed by atoms with Gasteiger partial charge in [-0.25, -0.2) is 0 Å². The first-order chi connectivity index (χ1) is 10.0. The van der Waals surface area contributed by atoms with Gasteiger partial charge in [0.1, 0.15) is 5.75 Å². The highest BCUT2D eigenvalue weighted by Crippen LogP contribution is 2.14. The van der Waals surface area contributed by atoms with Crippen molar-refractivity contribution in [3.63, 3.8) is 0 Å². The fourth-order valence-electron chi connectivity index (χ4n) is 1.68. The number of nitrogens with one attached hydrogen (secondary N) is 1. The van der Waals surface area contributed by atoms with Crippen LogP contribution in [0.3, 0.4) is 0 Å². The number of anilines is 1. The van der Waals surface area contributed by atoms with Crippen molar-refractivity contribution in [3.8, 4) is 5.75 Å². The van der Waals surface area contributed by atoms with E-state index in [1.165, 1.54) is 4.90 Å². The first kappa shape index (κ1) is 16.8. The lowest BCUT2D eigenvalue weighted by molar-refractivity contribution is -0.135. The zero-order valence-electron chi connectivity index (χ0n) is 12.6. The van der Waals surface area contributed by atoms with Gasteiger partial charge in [0.15, 0.2) is 0 Å². The second-order valence-electron chi connectivity index (χ2n) is 4.77. The Labute approximate surface area is 125 Å². The van der Waals surface area contributed by atoms with Gasteiger partial charge in [-0.3, -0.25) is 9.59 Å². The summed E-state index contributed by atoms with van der Waals surface area (Å²) in [7, 11) is 1.61. The molecule has 6 nitrogen and oxygen atoms in total. The Balaban J connectivity index is 2.28. The smallest absolute Gasteiger partial charge is 0.239 e. The van der Waals surface area contributed by atoms with Gasteiger partial charge < -0.3 is 20.7 Å². The second kappa shape index (κ2) is 8.84. The van der Waals surface area contributed by atoms with Gasteiger partial charge >= 0.3 is 0 Å². The average molecular weight is 293 g/mol. The Hall–Kier alpha value is -2.24. The van der Waals surface area contributed by atoms with Gasteiger partial charge in [0.2, 0.25) is 11.8 Å². The molecule has 0 aliphatic rings. The van der Waals surface area contributed by atoms with Crippen molar-refractivity contribution in [3.05, 3.63) is 24.3 Å². The molecule has 0 aliphatic heterocycles. The zero-order chi connectivity index (χ0) is 15.7. The molecule has 0 aliphatic carbocycles. The summed E-state index contributed by atoms with van der Waals surface area (Å²) < 4.78 is 5.45. The molecular weight excluding hydrogens is 270 g/mol. The van der Waals surface area contributed by atoms with Crippen molar-refractivity contribution in [2.24, 2.45) is 0 Å². The first-order valence-electron chi connectivity index (χ1n) is 7.02. The molecule has 0 aromatic heterocycles. The summed E-state index contributed by atoms with van der Waals surface area (Å²) in [6.07, 6.45) is 1.09. The van der Waals surface area contributed by atoms with Crippen molar-refractivity contribution >= 4 is 17.5 Å². The molecule has 3 N–H and O–H groups in total. The van der Waals surface area contributed by atoms with Crippen molar-refractivity contribution in [1.82, 2.24) is 10.2 Å². The molecule has 0 fully saturated rings. The number of nitrogens with two attached hydrogens (primary N) is 1. The molecule has 116 valence electrons. The summed E-state index contributed by atoms with van der Waals surface area (Å²) in [4.78, 5) is 24.7. The van der Waals surface area contributed by atoms with Gasteiger partial charge in [0, 0.05) is 25.3 Å². The van der Waals surface area contributed by atoms with Gasteiger partial charge in [-0.2, -0.15) is 0 Å². The highest BCUT2D eigenvalue weighted by molar-refractivity contribution is 5.84. The maximum atomic E-state index is 11.9. The second-order valence-corrected chi connectivity index (χ2v) is 4.77. The standard InChI is InChI=1S/C15H23N3O3/c1-3-8-17-14(19)11-18(2)15(20)7-9-21-13-6-4-5-12(16)10-13/h4-6,10H,3,7-9,11,16H2,1-2H3,(H,17,19). The van der Waals surface area contributed by atoms with E-state index in [-0.39, 0.29) is 31.4 Å². The molecule has 6 heteroatoms. The number of ether oxygens (including phenoxy) is 1. The molecule has 0 heterocycles. The Morgan fingerprint density at radius 1 is 1.38 bits per heavy atom. The Morgan fingerprint density at radius 2 is 2.14 bits per heavy atom. The Kier molecular flexibility index (Phi) is 7.08. The predicted molar refractivity (Wildman–Crippen MR) is 81.9 cm³/mol. The topological polar surface area (TPSA) is 84.7 Å². The van der Waals surface area contributed by atoms with Crippen LogP contribution in [0.4, 0.5) is 5.69 Å². The summed E-state index contributed by atoms with van der Waals surface area (Å²) in [5.74, 6) is 0.348. The number of carbonyl (C=O) groups is 2. The fraction of sp³-hybridized carbons (Fsp3) is 0.467. The molecule has 1 aromatic carbocycles. The number of likely N-dealkylation sites (N-methyl/N-ethyl adjacent to an activating group) is 1. The van der Waals surface area contributed by atoms with E-state index in [1.807, 2.05) is 6.92 Å². The molecule has 0 saturated heterocycles. The van der Waals surface area contributed by atoms with E-state index in [2.05, 4.69) is 5.32 Å². The van der Waals surface area contributed by atoms with Gasteiger partial charge in [0.25, 0.3) is 0 Å². The molecule has 0 spiro atoms.